The molecule has 2 N–H and O–H groups in total. The Kier molecular flexibility index (Phi) is 6.73. The smallest absolute Gasteiger partial charge is 0.439 e. The lowest BCUT2D eigenvalue weighted by molar-refractivity contribution is -0.294. The predicted molar refractivity (Wildman–Crippen MR) is 96.5 cm³/mol. The number of halogens is 6. The van der Waals surface area contributed by atoms with E-state index in [0.717, 1.165) is 23.5 Å². The highest BCUT2D eigenvalue weighted by molar-refractivity contribution is 5.97. The molecule has 0 unspecified atom stereocenters. The van der Waals surface area contributed by atoms with E-state index in [9.17, 15) is 31.1 Å². The van der Waals surface area contributed by atoms with Crippen LogP contribution in [0.5, 0.6) is 11.5 Å². The summed E-state index contributed by atoms with van der Waals surface area (Å²) in [5.41, 5.74) is -5.78. The summed E-state index contributed by atoms with van der Waals surface area (Å²) in [5.74, 6) is -1.55. The maximum atomic E-state index is 13.8. The molecule has 11 heteroatoms. The molecule has 30 heavy (non-hydrogen) atoms. The van der Waals surface area contributed by atoms with E-state index < -0.39 is 35.2 Å². The molecule has 5 nitrogen and oxygen atoms in total. The second kappa shape index (κ2) is 8.72. The summed E-state index contributed by atoms with van der Waals surface area (Å²) in [7, 11) is 1.29. The average Bonchev–Trinajstić information content (AvgIpc) is 2.67. The predicted octanol–water partition coefficient (Wildman–Crippen LogP) is 4.76. The molecule has 0 aliphatic heterocycles. The number of para-hydroxylation sites is 1. The van der Waals surface area contributed by atoms with E-state index in [-0.39, 0.29) is 18.1 Å². The van der Waals surface area contributed by atoms with Gasteiger partial charge < -0.3 is 20.1 Å². The van der Waals surface area contributed by atoms with Gasteiger partial charge in [-0.2, -0.15) is 26.3 Å². The van der Waals surface area contributed by atoms with Gasteiger partial charge in [0.15, 0.2) is 0 Å². The molecule has 0 fully saturated rings. The number of benzene rings is 2. The monoisotopic (exact) mass is 436 g/mol. The normalized spacial score (nSPS) is 12.3. The Morgan fingerprint density at radius 1 is 0.933 bits per heavy atom. The Hall–Kier alpha value is -3.11. The lowest BCUT2D eigenvalue weighted by atomic mass is 10.1. The van der Waals surface area contributed by atoms with Gasteiger partial charge in [-0.1, -0.05) is 12.1 Å². The maximum Gasteiger partial charge on any atom is 0.439 e. The molecule has 0 heterocycles. The Labute approximate surface area is 168 Å². The van der Waals surface area contributed by atoms with Crippen molar-refractivity contribution in [1.29, 1.82) is 0 Å². The first-order valence-corrected chi connectivity index (χ1v) is 8.55. The summed E-state index contributed by atoms with van der Waals surface area (Å²) in [6.07, 6.45) is -11.9. The van der Waals surface area contributed by atoms with E-state index in [2.05, 4.69) is 0 Å². The van der Waals surface area contributed by atoms with Crippen LogP contribution in [0.1, 0.15) is 17.3 Å². The van der Waals surface area contributed by atoms with Crippen LogP contribution in [-0.4, -0.2) is 37.6 Å². The Bertz CT molecular complexity index is 852. The van der Waals surface area contributed by atoms with Gasteiger partial charge in [-0.05, 0) is 43.3 Å². The highest BCUT2D eigenvalue weighted by Crippen LogP contribution is 2.44. The number of rotatable bonds is 7. The molecule has 0 saturated carbocycles. The van der Waals surface area contributed by atoms with Crippen molar-refractivity contribution >= 4 is 11.6 Å². The molecular weight excluding hydrogens is 418 g/mol. The second-order valence-corrected chi connectivity index (χ2v) is 5.98. The van der Waals surface area contributed by atoms with Crippen molar-refractivity contribution in [3.8, 4) is 11.5 Å². The zero-order valence-electron chi connectivity index (χ0n) is 15.8. The Morgan fingerprint density at radius 2 is 1.50 bits per heavy atom. The molecule has 0 aromatic heterocycles. The minimum absolute atomic E-state index is 0.0536. The van der Waals surface area contributed by atoms with Gasteiger partial charge in [-0.3, -0.25) is 4.79 Å². The lowest BCUT2D eigenvalue weighted by Crippen LogP contribution is -2.72. The summed E-state index contributed by atoms with van der Waals surface area (Å²) in [5, 5.41) is 2.49. The summed E-state index contributed by atoms with van der Waals surface area (Å²) in [4.78, 5) is 12.5. The van der Waals surface area contributed by atoms with E-state index in [1.165, 1.54) is 42.8 Å². The molecule has 164 valence electrons. The van der Waals surface area contributed by atoms with Gasteiger partial charge in [-0.15, -0.1) is 0 Å². The third-order valence-corrected chi connectivity index (χ3v) is 4.00. The van der Waals surface area contributed by atoms with Crippen LogP contribution in [0.4, 0.5) is 32.0 Å². The van der Waals surface area contributed by atoms with Crippen LogP contribution in [-0.2, 0) is 0 Å². The largest absolute Gasteiger partial charge is 0.497 e. The van der Waals surface area contributed by atoms with E-state index in [4.69, 9.17) is 9.47 Å². The Balaban J connectivity index is 2.51. The first kappa shape index (κ1) is 23.2. The van der Waals surface area contributed by atoms with Crippen molar-refractivity contribution in [3.05, 3.63) is 54.1 Å². The van der Waals surface area contributed by atoms with Crippen LogP contribution >= 0.6 is 0 Å². The third kappa shape index (κ3) is 4.71. The first-order chi connectivity index (χ1) is 13.9. The second-order valence-electron chi connectivity index (χ2n) is 5.98. The number of carbonyl (C=O) groups excluding carboxylic acids is 1. The van der Waals surface area contributed by atoms with Gasteiger partial charge in [0.05, 0.1) is 19.3 Å². The molecule has 2 rings (SSSR count). The van der Waals surface area contributed by atoms with Gasteiger partial charge in [0.2, 0.25) is 0 Å². The number of hydrogen-bond donors (Lipinski definition) is 2. The summed E-state index contributed by atoms with van der Waals surface area (Å²) < 4.78 is 92.6. The minimum atomic E-state index is -5.94. The number of ether oxygens (including phenoxy) is 2. The number of amides is 1. The van der Waals surface area contributed by atoms with Gasteiger partial charge >= 0.3 is 18.0 Å². The fourth-order valence-electron chi connectivity index (χ4n) is 2.54. The molecule has 2 aromatic rings. The zero-order valence-corrected chi connectivity index (χ0v) is 15.8. The van der Waals surface area contributed by atoms with Crippen molar-refractivity contribution in [1.82, 2.24) is 5.32 Å². The number of carbonyl (C=O) groups is 1. The Morgan fingerprint density at radius 3 is 2.00 bits per heavy atom. The van der Waals surface area contributed by atoms with Crippen LogP contribution in [0.2, 0.25) is 0 Å². The number of hydrogen-bond acceptors (Lipinski definition) is 4. The molecule has 0 radical (unpaired) electrons. The molecule has 0 spiro atoms. The van der Waals surface area contributed by atoms with Crippen LogP contribution in [0.15, 0.2) is 48.5 Å². The molecule has 2 aromatic carbocycles. The zero-order chi connectivity index (χ0) is 22.6. The highest BCUT2D eigenvalue weighted by Gasteiger charge is 2.72. The van der Waals surface area contributed by atoms with E-state index in [1.807, 2.05) is 0 Å². The molecule has 0 saturated heterocycles. The fraction of sp³-hybridized carbons (Fsp3) is 0.316. The topological polar surface area (TPSA) is 59.6 Å². The summed E-state index contributed by atoms with van der Waals surface area (Å²) in [6.45, 7) is 1.60. The van der Waals surface area contributed by atoms with E-state index >= 15 is 0 Å². The SMILES string of the molecule is CCOc1ccccc1C(=O)NC(Nc1ccc(OC)cc1)(C(F)(F)F)C(F)(F)F. The van der Waals surface area contributed by atoms with Crippen LogP contribution in [0, 0.1) is 0 Å². The fourth-order valence-corrected chi connectivity index (χ4v) is 2.54. The van der Waals surface area contributed by atoms with Crippen molar-refractivity contribution in [2.24, 2.45) is 0 Å². The standard InChI is InChI=1S/C19H18F6N2O3/c1-3-30-15-7-5-4-6-14(15)16(28)27-17(18(20,21)22,19(23,24)25)26-12-8-10-13(29-2)11-9-12/h4-11,26H,3H2,1-2H3,(H,27,28). The minimum Gasteiger partial charge on any atom is -0.497 e. The molecular formula is C19H18F6N2O3. The summed E-state index contributed by atoms with van der Waals surface area (Å²) >= 11 is 0. The van der Waals surface area contributed by atoms with Crippen LogP contribution < -0.4 is 20.1 Å². The number of methoxy groups -OCH3 is 1. The molecule has 0 aliphatic rings. The summed E-state index contributed by atoms with van der Waals surface area (Å²) in [6, 6.07) is 9.31. The van der Waals surface area contributed by atoms with Crippen molar-refractivity contribution in [3.63, 3.8) is 0 Å². The van der Waals surface area contributed by atoms with Gasteiger partial charge in [0.1, 0.15) is 11.5 Å². The number of alkyl halides is 6. The highest BCUT2D eigenvalue weighted by atomic mass is 19.4. The average molecular weight is 436 g/mol. The van der Waals surface area contributed by atoms with Gasteiger partial charge in [-0.25, -0.2) is 0 Å². The van der Waals surface area contributed by atoms with Crippen molar-refractivity contribution < 1.29 is 40.6 Å². The van der Waals surface area contributed by atoms with E-state index in [0.29, 0.717) is 0 Å². The molecule has 0 atom stereocenters. The van der Waals surface area contributed by atoms with Crippen molar-refractivity contribution in [2.75, 3.05) is 19.0 Å². The third-order valence-electron chi connectivity index (χ3n) is 4.00. The van der Waals surface area contributed by atoms with E-state index in [1.54, 1.807) is 6.92 Å². The number of anilines is 1. The quantitative estimate of drug-likeness (QED) is 0.486. The maximum absolute atomic E-state index is 13.8. The first-order valence-electron chi connectivity index (χ1n) is 8.55. The number of nitrogens with one attached hydrogen (secondary N) is 2. The lowest BCUT2D eigenvalue weighted by Gasteiger charge is -2.39. The molecule has 0 bridgehead atoms. The van der Waals surface area contributed by atoms with Crippen LogP contribution in [0.25, 0.3) is 0 Å². The molecule has 0 aliphatic carbocycles. The van der Waals surface area contributed by atoms with Crippen LogP contribution in [0.3, 0.4) is 0 Å². The van der Waals surface area contributed by atoms with Gasteiger partial charge in [0, 0.05) is 5.69 Å². The van der Waals surface area contributed by atoms with Crippen molar-refractivity contribution in [2.45, 2.75) is 24.9 Å². The molecule has 1 amide bonds. The van der Waals surface area contributed by atoms with Gasteiger partial charge in [0.25, 0.3) is 5.91 Å².